The van der Waals surface area contributed by atoms with E-state index in [0.717, 1.165) is 11.4 Å². The molecule has 0 aliphatic heterocycles. The average Bonchev–Trinajstić information content (AvgIpc) is 3.89. The van der Waals surface area contributed by atoms with E-state index in [2.05, 4.69) is 264 Å². The third-order valence-electron chi connectivity index (χ3n) is 12.6. The molecule has 12 rings (SSSR count). The largest absolute Gasteiger partial charge is 0.309 e. The first-order valence-electron chi connectivity index (χ1n) is 21.6. The zero-order valence-corrected chi connectivity index (χ0v) is 35.4. The molecule has 0 amide bonds. The van der Waals surface area contributed by atoms with Crippen molar-refractivity contribution in [1.29, 1.82) is 0 Å². The third-order valence-corrected chi connectivity index (χ3v) is 16.5. The molecule has 12 aromatic rings. The smallest absolute Gasteiger partial charge is 0.0619 e. The number of rotatable bonds is 8. The van der Waals surface area contributed by atoms with E-state index < -0.39 is 10.0 Å². The molecule has 0 spiro atoms. The number of fused-ring (bicyclic) bond motifs is 6. The normalized spacial score (nSPS) is 12.1. The van der Waals surface area contributed by atoms with Crippen LogP contribution in [0.4, 0.5) is 0 Å². The molecule has 0 unspecified atom stereocenters. The first kappa shape index (κ1) is 37.0. The molecule has 0 saturated heterocycles. The fourth-order valence-electron chi connectivity index (χ4n) is 9.90. The Morgan fingerprint density at radius 1 is 0.254 bits per heavy atom. The monoisotopic (exact) mass is 822 g/mol. The Kier molecular flexibility index (Phi) is 8.95. The van der Waals surface area contributed by atoms with Crippen LogP contribution in [0.3, 0.4) is 0 Å². The maximum atomic E-state index is 2.47. The Hall–Kier alpha value is -7.85. The summed E-state index contributed by atoms with van der Waals surface area (Å²) in [6.07, 6.45) is 0. The van der Waals surface area contributed by atoms with Crippen molar-refractivity contribution in [2.24, 2.45) is 0 Å². The van der Waals surface area contributed by atoms with Gasteiger partial charge >= 0.3 is 0 Å². The van der Waals surface area contributed by atoms with Crippen LogP contribution in [-0.4, -0.2) is 9.13 Å². The zero-order chi connectivity index (χ0) is 41.7. The molecule has 0 aliphatic rings. The molecule has 2 nitrogen and oxygen atoms in total. The van der Waals surface area contributed by atoms with E-state index in [-0.39, 0.29) is 0 Å². The predicted molar refractivity (Wildman–Crippen MR) is 266 cm³/mol. The number of para-hydroxylation sites is 3. The molecule has 10 aromatic carbocycles. The first-order valence-corrected chi connectivity index (χ1v) is 23.2. The zero-order valence-electron chi connectivity index (χ0n) is 34.6. The summed E-state index contributed by atoms with van der Waals surface area (Å²) in [7, 11) is -1.87. The minimum atomic E-state index is -1.87. The molecule has 0 N–H and O–H groups in total. The van der Waals surface area contributed by atoms with Gasteiger partial charge in [-0.2, -0.15) is 0 Å². The Bertz CT molecular complexity index is 3510. The Labute approximate surface area is 368 Å². The second kappa shape index (κ2) is 15.3. The van der Waals surface area contributed by atoms with Gasteiger partial charge in [-0.25, -0.2) is 0 Å². The molecule has 3 heteroatoms. The van der Waals surface area contributed by atoms with Crippen LogP contribution in [0.2, 0.25) is 0 Å². The van der Waals surface area contributed by atoms with Gasteiger partial charge in [0.25, 0.3) is 0 Å². The fourth-order valence-corrected chi connectivity index (χ4v) is 13.8. The van der Waals surface area contributed by atoms with Crippen LogP contribution in [0.5, 0.6) is 0 Å². The predicted octanol–water partition coefficient (Wildman–Crippen LogP) is 16.6. The van der Waals surface area contributed by atoms with E-state index in [1.54, 1.807) is 0 Å². The van der Waals surface area contributed by atoms with Crippen LogP contribution in [0.25, 0.3) is 77.2 Å². The molecule has 298 valence electrons. The molecule has 2 heterocycles. The molecule has 0 saturated carbocycles. The van der Waals surface area contributed by atoms with Crippen LogP contribution >= 0.6 is 10.0 Å². The summed E-state index contributed by atoms with van der Waals surface area (Å²) in [5.74, 6) is 0. The molecule has 0 aliphatic carbocycles. The minimum Gasteiger partial charge on any atom is -0.309 e. The number of aromatic nitrogens is 2. The molecular weight excluding hydrogens is 781 g/mol. The van der Waals surface area contributed by atoms with Crippen molar-refractivity contribution in [3.8, 4) is 33.6 Å². The van der Waals surface area contributed by atoms with Gasteiger partial charge in [0, 0.05) is 58.1 Å². The number of hydrogen-bond acceptors (Lipinski definition) is 0. The summed E-state index contributed by atoms with van der Waals surface area (Å²) in [4.78, 5) is 5.22. The van der Waals surface area contributed by atoms with E-state index in [1.807, 2.05) is 0 Å². The lowest BCUT2D eigenvalue weighted by Gasteiger charge is -2.42. The standard InChI is InChI=1S/C60H42N2S/c1-5-20-43(21-6-1)44-22-17-23-46(40-44)62-58-37-16-13-32-53(58)55-35-19-34-52(60(55)62)45-38-39-59-56(41-45)54-33-14-15-36-57(54)61(59)47-24-18-31-51(42-47)63(48-25-7-2-8-26-48,49-27-9-3-10-28-49)50-29-11-4-12-30-50/h1-42H. The maximum Gasteiger partial charge on any atom is 0.0619 e. The number of hydrogen-bond donors (Lipinski definition) is 0. The van der Waals surface area contributed by atoms with Crippen LogP contribution in [0.15, 0.2) is 274 Å². The highest BCUT2D eigenvalue weighted by molar-refractivity contribution is 8.34. The van der Waals surface area contributed by atoms with Gasteiger partial charge in [-0.15, -0.1) is 10.0 Å². The van der Waals surface area contributed by atoms with Gasteiger partial charge in [0.2, 0.25) is 0 Å². The van der Waals surface area contributed by atoms with Crippen molar-refractivity contribution < 1.29 is 0 Å². The van der Waals surface area contributed by atoms with Crippen molar-refractivity contribution in [3.05, 3.63) is 255 Å². The Morgan fingerprint density at radius 3 is 1.37 bits per heavy atom. The lowest BCUT2D eigenvalue weighted by Crippen LogP contribution is -2.06. The van der Waals surface area contributed by atoms with Crippen molar-refractivity contribution in [2.75, 3.05) is 0 Å². The van der Waals surface area contributed by atoms with Crippen molar-refractivity contribution in [2.45, 2.75) is 19.6 Å². The third kappa shape index (κ3) is 5.96. The summed E-state index contributed by atoms with van der Waals surface area (Å²) in [6.45, 7) is 0. The lowest BCUT2D eigenvalue weighted by atomic mass is 9.99. The van der Waals surface area contributed by atoms with E-state index in [4.69, 9.17) is 0 Å². The number of benzene rings is 10. The first-order chi connectivity index (χ1) is 31.3. The Balaban J connectivity index is 1.07. The molecule has 0 fully saturated rings. The van der Waals surface area contributed by atoms with Gasteiger partial charge in [0.1, 0.15) is 0 Å². The highest BCUT2D eigenvalue weighted by Crippen LogP contribution is 2.73. The SMILES string of the molecule is c1ccc(-c2cccc(-n3c4ccccc4c4cccc(-c5ccc6c(c5)c5ccccc5n6-c5cccc(S(c6ccccc6)(c6ccccc6)c6ccccc6)c5)c43)c2)cc1. The maximum absolute atomic E-state index is 2.47. The van der Waals surface area contributed by atoms with Gasteiger partial charge in [0.05, 0.1) is 22.1 Å². The van der Waals surface area contributed by atoms with Crippen LogP contribution in [0, 0.1) is 0 Å². The molecule has 2 aromatic heterocycles. The second-order valence-electron chi connectivity index (χ2n) is 16.1. The van der Waals surface area contributed by atoms with Gasteiger partial charge in [-0.05, 0) is 108 Å². The molecule has 0 atom stereocenters. The molecule has 63 heavy (non-hydrogen) atoms. The lowest BCUT2D eigenvalue weighted by molar-refractivity contribution is 1.15. The van der Waals surface area contributed by atoms with Crippen LogP contribution < -0.4 is 0 Å². The second-order valence-corrected chi connectivity index (χ2v) is 19.2. The average molecular weight is 823 g/mol. The van der Waals surface area contributed by atoms with Crippen LogP contribution in [0.1, 0.15) is 0 Å². The summed E-state index contributed by atoms with van der Waals surface area (Å²) in [5.41, 5.74) is 11.9. The van der Waals surface area contributed by atoms with E-state index >= 15 is 0 Å². The van der Waals surface area contributed by atoms with Crippen molar-refractivity contribution in [3.63, 3.8) is 0 Å². The highest BCUT2D eigenvalue weighted by atomic mass is 32.3. The van der Waals surface area contributed by atoms with Gasteiger partial charge in [-0.1, -0.05) is 164 Å². The van der Waals surface area contributed by atoms with Crippen molar-refractivity contribution in [1.82, 2.24) is 9.13 Å². The van der Waals surface area contributed by atoms with Crippen molar-refractivity contribution >= 4 is 53.6 Å². The van der Waals surface area contributed by atoms with Gasteiger partial charge in [0.15, 0.2) is 0 Å². The molecule has 0 radical (unpaired) electrons. The summed E-state index contributed by atoms with van der Waals surface area (Å²) in [5, 5.41) is 4.95. The fraction of sp³-hybridized carbons (Fsp3) is 0. The molecule has 0 bridgehead atoms. The van der Waals surface area contributed by atoms with Gasteiger partial charge in [-0.3, -0.25) is 0 Å². The minimum absolute atomic E-state index is 1.15. The summed E-state index contributed by atoms with van der Waals surface area (Å²) in [6, 6.07) is 93.8. The Morgan fingerprint density at radius 2 is 0.714 bits per heavy atom. The quantitative estimate of drug-likeness (QED) is 0.144. The van der Waals surface area contributed by atoms with Crippen LogP contribution in [-0.2, 0) is 0 Å². The van der Waals surface area contributed by atoms with E-state index in [1.165, 1.54) is 85.4 Å². The van der Waals surface area contributed by atoms with E-state index in [9.17, 15) is 0 Å². The van der Waals surface area contributed by atoms with E-state index in [0.29, 0.717) is 0 Å². The topological polar surface area (TPSA) is 9.86 Å². The van der Waals surface area contributed by atoms with Gasteiger partial charge < -0.3 is 9.13 Å². The highest BCUT2D eigenvalue weighted by Gasteiger charge is 2.33. The summed E-state index contributed by atoms with van der Waals surface area (Å²) < 4.78 is 4.93. The number of nitrogens with zero attached hydrogens (tertiary/aromatic N) is 2. The molecular formula is C60H42N2S. The summed E-state index contributed by atoms with van der Waals surface area (Å²) >= 11 is 0.